The van der Waals surface area contributed by atoms with Gasteiger partial charge in [-0.05, 0) is 28.5 Å². The van der Waals surface area contributed by atoms with Crippen LogP contribution in [0, 0.1) is 0 Å². The van der Waals surface area contributed by atoms with E-state index in [2.05, 4.69) is 47.0 Å². The van der Waals surface area contributed by atoms with Crippen molar-refractivity contribution >= 4 is 16.7 Å². The quantitative estimate of drug-likeness (QED) is 0.732. The third kappa shape index (κ3) is 3.30. The zero-order valence-corrected chi connectivity index (χ0v) is 14.2. The normalized spacial score (nSPS) is 16.1. The number of hydrogen-bond donors (Lipinski definition) is 0. The summed E-state index contributed by atoms with van der Waals surface area (Å²) in [6, 6.07) is 18.7. The molecule has 4 nitrogen and oxygen atoms in total. The monoisotopic (exact) mass is 334 g/mol. The summed E-state index contributed by atoms with van der Waals surface area (Å²) in [5, 5.41) is 2.41. The molecule has 128 valence electrons. The molecule has 0 bridgehead atoms. The molecule has 0 aliphatic carbocycles. The van der Waals surface area contributed by atoms with Gasteiger partial charge >= 0.3 is 0 Å². The Labute approximate surface area is 147 Å². The zero-order valence-electron chi connectivity index (χ0n) is 14.2. The Balaban J connectivity index is 1.70. The molecule has 4 rings (SSSR count). The number of carbonyl (C=O) groups excluding carboxylic acids is 1. The Morgan fingerprint density at radius 2 is 1.68 bits per heavy atom. The smallest absolute Gasteiger partial charge is 0.225 e. The predicted octanol–water partition coefficient (Wildman–Crippen LogP) is 3.48. The van der Waals surface area contributed by atoms with Crippen molar-refractivity contribution in [2.45, 2.75) is 12.5 Å². The number of hydrogen-bond acceptors (Lipinski definition) is 2. The van der Waals surface area contributed by atoms with Gasteiger partial charge in [0.2, 0.25) is 5.91 Å². The number of benzene rings is 2. The third-order valence-electron chi connectivity index (χ3n) is 4.90. The van der Waals surface area contributed by atoms with Crippen LogP contribution in [0.5, 0.6) is 0 Å². The van der Waals surface area contributed by atoms with E-state index >= 15 is 0 Å². The Bertz CT molecular complexity index is 846. The van der Waals surface area contributed by atoms with E-state index in [0.29, 0.717) is 32.7 Å². The van der Waals surface area contributed by atoms with Gasteiger partial charge in [0, 0.05) is 25.5 Å². The summed E-state index contributed by atoms with van der Waals surface area (Å²) in [6.45, 7) is 2.64. The van der Waals surface area contributed by atoms with Crippen LogP contribution in [0.3, 0.4) is 0 Å². The van der Waals surface area contributed by atoms with Crippen molar-refractivity contribution in [3.8, 4) is 0 Å². The van der Waals surface area contributed by atoms with E-state index in [1.54, 1.807) is 0 Å². The zero-order chi connectivity index (χ0) is 17.1. The molecule has 1 atom stereocenters. The summed E-state index contributed by atoms with van der Waals surface area (Å²) >= 11 is 0. The molecule has 1 aliphatic heterocycles. The highest BCUT2D eigenvalue weighted by Crippen LogP contribution is 2.30. The molecule has 25 heavy (non-hydrogen) atoms. The average molecular weight is 334 g/mol. The number of nitrogens with zero attached hydrogens (tertiary/aromatic N) is 2. The second kappa shape index (κ2) is 7.11. The molecule has 1 fully saturated rings. The van der Waals surface area contributed by atoms with Gasteiger partial charge in [0.05, 0.1) is 25.7 Å². The van der Waals surface area contributed by atoms with Crippen molar-refractivity contribution in [1.82, 2.24) is 9.47 Å². The first-order valence-electron chi connectivity index (χ1n) is 8.78. The van der Waals surface area contributed by atoms with Gasteiger partial charge in [-0.2, -0.15) is 0 Å². The molecular formula is C21H22N2O2. The topological polar surface area (TPSA) is 34.5 Å². The molecule has 1 amide bonds. The van der Waals surface area contributed by atoms with Gasteiger partial charge in [0.15, 0.2) is 0 Å². The molecule has 3 aromatic rings. The Morgan fingerprint density at radius 1 is 0.960 bits per heavy atom. The Kier molecular flexibility index (Phi) is 4.53. The fraction of sp³-hybridized carbons (Fsp3) is 0.286. The summed E-state index contributed by atoms with van der Waals surface area (Å²) < 4.78 is 7.51. The van der Waals surface area contributed by atoms with Crippen LogP contribution in [0.1, 0.15) is 18.0 Å². The van der Waals surface area contributed by atoms with Crippen molar-refractivity contribution in [1.29, 1.82) is 0 Å². The summed E-state index contributed by atoms with van der Waals surface area (Å²) in [7, 11) is 0. The van der Waals surface area contributed by atoms with E-state index in [1.807, 2.05) is 29.4 Å². The van der Waals surface area contributed by atoms with Gasteiger partial charge in [-0.1, -0.05) is 42.5 Å². The highest BCUT2D eigenvalue weighted by atomic mass is 16.5. The van der Waals surface area contributed by atoms with Crippen molar-refractivity contribution in [2.24, 2.45) is 0 Å². The van der Waals surface area contributed by atoms with Crippen LogP contribution in [0.25, 0.3) is 10.8 Å². The van der Waals surface area contributed by atoms with Gasteiger partial charge in [-0.25, -0.2) is 0 Å². The largest absolute Gasteiger partial charge is 0.378 e. The lowest BCUT2D eigenvalue weighted by molar-refractivity contribution is -0.135. The van der Waals surface area contributed by atoms with Crippen LogP contribution in [0.2, 0.25) is 0 Å². The number of rotatable bonds is 4. The summed E-state index contributed by atoms with van der Waals surface area (Å²) in [6.07, 6.45) is 4.54. The maximum absolute atomic E-state index is 12.9. The second-order valence-electron chi connectivity index (χ2n) is 6.41. The lowest BCUT2D eigenvalue weighted by Gasteiger charge is -2.29. The van der Waals surface area contributed by atoms with Crippen LogP contribution in [0.4, 0.5) is 0 Å². The van der Waals surface area contributed by atoms with Crippen LogP contribution >= 0.6 is 0 Å². The lowest BCUT2D eigenvalue weighted by Crippen LogP contribution is -2.41. The van der Waals surface area contributed by atoms with E-state index in [-0.39, 0.29) is 11.9 Å². The number of ether oxygens (including phenoxy) is 1. The number of carbonyl (C=O) groups is 1. The third-order valence-corrected chi connectivity index (χ3v) is 4.90. The number of aromatic nitrogens is 1. The fourth-order valence-corrected chi connectivity index (χ4v) is 3.58. The Morgan fingerprint density at radius 3 is 2.48 bits per heavy atom. The van der Waals surface area contributed by atoms with Gasteiger partial charge in [0.1, 0.15) is 0 Å². The highest BCUT2D eigenvalue weighted by Gasteiger charge is 2.24. The fourth-order valence-electron chi connectivity index (χ4n) is 3.58. The van der Waals surface area contributed by atoms with Gasteiger partial charge in [-0.15, -0.1) is 0 Å². The van der Waals surface area contributed by atoms with Gasteiger partial charge in [0.25, 0.3) is 0 Å². The first-order chi connectivity index (χ1) is 12.3. The van der Waals surface area contributed by atoms with Gasteiger partial charge in [-0.3, -0.25) is 4.79 Å². The highest BCUT2D eigenvalue weighted by molar-refractivity contribution is 5.87. The molecule has 1 saturated heterocycles. The average Bonchev–Trinajstić information content (AvgIpc) is 3.21. The minimum Gasteiger partial charge on any atom is -0.378 e. The van der Waals surface area contributed by atoms with Gasteiger partial charge < -0.3 is 14.2 Å². The molecule has 2 heterocycles. The molecule has 0 N–H and O–H groups in total. The maximum Gasteiger partial charge on any atom is 0.225 e. The second-order valence-corrected chi connectivity index (χ2v) is 6.41. The van der Waals surface area contributed by atoms with Crippen LogP contribution in [-0.4, -0.2) is 41.7 Å². The molecule has 1 aromatic heterocycles. The van der Waals surface area contributed by atoms with Crippen molar-refractivity contribution in [3.05, 3.63) is 72.6 Å². The number of fused-ring (bicyclic) bond motifs is 1. The van der Waals surface area contributed by atoms with Crippen molar-refractivity contribution in [2.75, 3.05) is 26.3 Å². The maximum atomic E-state index is 12.9. The molecule has 0 radical (unpaired) electrons. The molecule has 1 unspecified atom stereocenters. The SMILES string of the molecule is O=C(CC(c1cccc2ccccc12)n1cccc1)N1CCOCC1. The molecule has 0 saturated carbocycles. The lowest BCUT2D eigenvalue weighted by atomic mass is 9.96. The number of amides is 1. The number of morpholine rings is 1. The van der Waals surface area contributed by atoms with E-state index in [1.165, 1.54) is 16.3 Å². The predicted molar refractivity (Wildman–Crippen MR) is 98.5 cm³/mol. The molecule has 0 spiro atoms. The van der Waals surface area contributed by atoms with Crippen molar-refractivity contribution in [3.63, 3.8) is 0 Å². The first kappa shape index (κ1) is 15.9. The summed E-state index contributed by atoms with van der Waals surface area (Å²) in [4.78, 5) is 14.8. The molecular weight excluding hydrogens is 312 g/mol. The van der Waals surface area contributed by atoms with E-state index in [4.69, 9.17) is 4.74 Å². The summed E-state index contributed by atoms with van der Waals surface area (Å²) in [5.41, 5.74) is 1.19. The van der Waals surface area contributed by atoms with Crippen LogP contribution < -0.4 is 0 Å². The molecule has 2 aromatic carbocycles. The first-order valence-corrected chi connectivity index (χ1v) is 8.78. The molecule has 1 aliphatic rings. The van der Waals surface area contributed by atoms with Crippen LogP contribution in [0.15, 0.2) is 67.0 Å². The summed E-state index contributed by atoms with van der Waals surface area (Å²) in [5.74, 6) is 0.190. The van der Waals surface area contributed by atoms with Crippen LogP contribution in [-0.2, 0) is 9.53 Å². The van der Waals surface area contributed by atoms with Crippen molar-refractivity contribution < 1.29 is 9.53 Å². The molecule has 4 heteroatoms. The Hall–Kier alpha value is -2.59. The van der Waals surface area contributed by atoms with E-state index < -0.39 is 0 Å². The van der Waals surface area contributed by atoms with E-state index in [0.717, 1.165) is 0 Å². The minimum atomic E-state index is -0.00329. The standard InChI is InChI=1S/C21H22N2O2/c24-21(23-12-14-25-15-13-23)16-20(22-10-3-4-11-22)19-9-5-7-17-6-1-2-8-18(17)19/h1-11,20H,12-16H2. The minimum absolute atomic E-state index is 0.00329. The van der Waals surface area contributed by atoms with E-state index in [9.17, 15) is 4.79 Å².